The normalized spacial score (nSPS) is 13.5. The van der Waals surface area contributed by atoms with E-state index in [-0.39, 0.29) is 11.9 Å². The Hall–Kier alpha value is -3.48. The van der Waals surface area contributed by atoms with E-state index in [0.29, 0.717) is 24.9 Å². The number of pyridine rings is 2. The molecule has 7 heteroatoms. The summed E-state index contributed by atoms with van der Waals surface area (Å²) < 4.78 is 5.34. The third-order valence-electron chi connectivity index (χ3n) is 5.00. The number of carbonyl (C=O) groups excluding carboxylic acids is 2. The summed E-state index contributed by atoms with van der Waals surface area (Å²) in [5.74, 6) is -0.265. The quantitative estimate of drug-likeness (QED) is 0.616. The van der Waals surface area contributed by atoms with Crippen molar-refractivity contribution < 1.29 is 14.3 Å². The van der Waals surface area contributed by atoms with E-state index in [1.165, 1.54) is 0 Å². The van der Waals surface area contributed by atoms with E-state index >= 15 is 0 Å². The summed E-state index contributed by atoms with van der Waals surface area (Å²) in [6, 6.07) is 9.65. The van der Waals surface area contributed by atoms with Crippen LogP contribution in [0.1, 0.15) is 48.9 Å². The van der Waals surface area contributed by atoms with Crippen LogP contribution in [-0.4, -0.2) is 39.0 Å². The molecule has 7 nitrogen and oxygen atoms in total. The molecule has 31 heavy (non-hydrogen) atoms. The van der Waals surface area contributed by atoms with Crippen molar-refractivity contribution in [2.24, 2.45) is 0 Å². The first-order valence-electron chi connectivity index (χ1n) is 10.4. The first-order chi connectivity index (χ1) is 14.8. The van der Waals surface area contributed by atoms with Crippen molar-refractivity contribution in [2.75, 3.05) is 6.54 Å². The van der Waals surface area contributed by atoms with E-state index in [0.717, 1.165) is 40.3 Å². The van der Waals surface area contributed by atoms with Crippen LogP contribution in [0.2, 0.25) is 0 Å². The van der Waals surface area contributed by atoms with E-state index in [2.05, 4.69) is 20.3 Å². The van der Waals surface area contributed by atoms with Crippen LogP contribution in [0.4, 0.5) is 0 Å². The zero-order chi connectivity index (χ0) is 22.0. The molecule has 4 heterocycles. The minimum Gasteiger partial charge on any atom is -0.460 e. The highest BCUT2D eigenvalue weighted by molar-refractivity contribution is 5.97. The molecule has 0 atom stereocenters. The van der Waals surface area contributed by atoms with Crippen LogP contribution in [0.25, 0.3) is 22.5 Å². The fourth-order valence-corrected chi connectivity index (χ4v) is 3.55. The van der Waals surface area contributed by atoms with Crippen molar-refractivity contribution in [3.63, 3.8) is 0 Å². The Morgan fingerprint density at radius 3 is 2.68 bits per heavy atom. The summed E-state index contributed by atoms with van der Waals surface area (Å²) in [4.78, 5) is 36.2. The molecule has 1 aliphatic rings. The van der Waals surface area contributed by atoms with E-state index in [1.54, 1.807) is 12.4 Å². The summed E-state index contributed by atoms with van der Waals surface area (Å²) in [6.45, 7) is 6.22. The lowest BCUT2D eigenvalue weighted by Gasteiger charge is -2.19. The van der Waals surface area contributed by atoms with Gasteiger partial charge in [-0.15, -0.1) is 0 Å². The highest BCUT2D eigenvalue weighted by Crippen LogP contribution is 2.27. The van der Waals surface area contributed by atoms with Crippen LogP contribution >= 0.6 is 0 Å². The van der Waals surface area contributed by atoms with Crippen LogP contribution < -0.4 is 5.32 Å². The largest absolute Gasteiger partial charge is 0.460 e. The second-order valence-electron chi connectivity index (χ2n) is 8.64. The Labute approximate surface area is 181 Å². The molecule has 0 spiro atoms. The first-order valence-corrected chi connectivity index (χ1v) is 10.4. The first kappa shape index (κ1) is 20.8. The number of ether oxygens (including phenoxy) is 1. The summed E-state index contributed by atoms with van der Waals surface area (Å²) in [5, 5.41) is 2.87. The van der Waals surface area contributed by atoms with E-state index in [1.807, 2.05) is 51.1 Å². The predicted octanol–water partition coefficient (Wildman–Crippen LogP) is 3.70. The number of fused-ring (bicyclic) bond motifs is 1. The molecule has 0 bridgehead atoms. The van der Waals surface area contributed by atoms with Gasteiger partial charge in [0, 0.05) is 60.0 Å². The van der Waals surface area contributed by atoms with Gasteiger partial charge in [0.25, 0.3) is 5.91 Å². The molecule has 0 aromatic carbocycles. The number of nitrogens with zero attached hydrogens (tertiary/aromatic N) is 2. The summed E-state index contributed by atoms with van der Waals surface area (Å²) in [6.07, 6.45) is 5.14. The van der Waals surface area contributed by atoms with Crippen LogP contribution in [0.3, 0.4) is 0 Å². The number of hydrogen-bond acceptors (Lipinski definition) is 5. The van der Waals surface area contributed by atoms with Crippen molar-refractivity contribution in [1.29, 1.82) is 0 Å². The van der Waals surface area contributed by atoms with Gasteiger partial charge in [-0.1, -0.05) is 0 Å². The average molecular weight is 418 g/mol. The number of esters is 1. The number of aryl methyl sites for hydroxylation is 1. The predicted molar refractivity (Wildman–Crippen MR) is 117 cm³/mol. The lowest BCUT2D eigenvalue weighted by molar-refractivity contribution is -0.154. The highest BCUT2D eigenvalue weighted by atomic mass is 16.6. The molecule has 1 aliphatic heterocycles. The molecule has 2 N–H and O–H groups in total. The van der Waals surface area contributed by atoms with Crippen molar-refractivity contribution in [2.45, 2.75) is 45.6 Å². The third kappa shape index (κ3) is 4.99. The molecule has 0 aliphatic carbocycles. The smallest absolute Gasteiger partial charge is 0.306 e. The zero-order valence-corrected chi connectivity index (χ0v) is 18.0. The van der Waals surface area contributed by atoms with Gasteiger partial charge in [0.2, 0.25) is 0 Å². The Balaban J connectivity index is 1.47. The zero-order valence-electron chi connectivity index (χ0n) is 18.0. The molecule has 160 valence electrons. The van der Waals surface area contributed by atoms with Gasteiger partial charge in [0.05, 0.1) is 17.7 Å². The molecular weight excluding hydrogens is 392 g/mol. The Kier molecular flexibility index (Phi) is 5.59. The average Bonchev–Trinajstić information content (AvgIpc) is 3.17. The van der Waals surface area contributed by atoms with Gasteiger partial charge in [-0.25, -0.2) is 0 Å². The van der Waals surface area contributed by atoms with Crippen LogP contribution in [0.5, 0.6) is 0 Å². The van der Waals surface area contributed by atoms with Gasteiger partial charge >= 0.3 is 5.97 Å². The highest BCUT2D eigenvalue weighted by Gasteiger charge is 2.20. The number of amides is 1. The molecule has 3 aromatic rings. The fraction of sp³-hybridized carbons (Fsp3) is 0.333. The Bertz CT molecular complexity index is 1110. The number of H-pyrrole nitrogens is 1. The molecule has 0 unspecified atom stereocenters. The Morgan fingerprint density at radius 1 is 1.13 bits per heavy atom. The maximum absolute atomic E-state index is 12.0. The molecule has 3 aromatic heterocycles. The minimum absolute atomic E-state index is 0.0378. The molecule has 0 radical (unpaired) electrons. The monoisotopic (exact) mass is 418 g/mol. The molecule has 0 fully saturated rings. The number of rotatable bonds is 5. The Morgan fingerprint density at radius 2 is 1.97 bits per heavy atom. The number of carbonyl (C=O) groups is 2. The SMILES string of the molecule is CC(C)(C)OC(=O)CCc1ccc(-c2cc(-c3cc4c([nH]3)CCNC4=O)ccn2)cn1. The van der Waals surface area contributed by atoms with E-state index in [4.69, 9.17) is 4.74 Å². The van der Waals surface area contributed by atoms with Crippen LogP contribution in [-0.2, 0) is 22.4 Å². The summed E-state index contributed by atoms with van der Waals surface area (Å²) in [5.41, 5.74) is 5.55. The minimum atomic E-state index is -0.479. The van der Waals surface area contributed by atoms with Gasteiger partial charge in [-0.05, 0) is 51.1 Å². The number of nitrogens with one attached hydrogen (secondary N) is 2. The molecule has 1 amide bonds. The maximum Gasteiger partial charge on any atom is 0.306 e. The van der Waals surface area contributed by atoms with Crippen molar-refractivity contribution in [3.8, 4) is 22.5 Å². The van der Waals surface area contributed by atoms with Crippen molar-refractivity contribution in [1.82, 2.24) is 20.3 Å². The van der Waals surface area contributed by atoms with Gasteiger partial charge in [-0.2, -0.15) is 0 Å². The van der Waals surface area contributed by atoms with Crippen LogP contribution in [0, 0.1) is 0 Å². The lowest BCUT2D eigenvalue weighted by Crippen LogP contribution is -2.31. The van der Waals surface area contributed by atoms with Gasteiger partial charge in [0.1, 0.15) is 5.60 Å². The standard InChI is InChI=1S/C24H26N4O3/c1-24(2,3)31-22(29)7-6-17-5-4-16(14-27-17)20-12-15(8-10-25-20)21-13-18-19(28-21)9-11-26-23(18)30/h4-5,8,10,12-14,28H,6-7,9,11H2,1-3H3,(H,26,30). The second kappa shape index (κ2) is 8.34. The lowest BCUT2D eigenvalue weighted by atomic mass is 10.1. The van der Waals surface area contributed by atoms with Gasteiger partial charge < -0.3 is 15.0 Å². The second-order valence-corrected chi connectivity index (χ2v) is 8.64. The molecule has 0 saturated heterocycles. The summed E-state index contributed by atoms with van der Waals surface area (Å²) in [7, 11) is 0. The number of aromatic nitrogens is 3. The molecule has 4 rings (SSSR count). The van der Waals surface area contributed by atoms with Crippen molar-refractivity contribution >= 4 is 11.9 Å². The topological polar surface area (TPSA) is 97.0 Å². The summed E-state index contributed by atoms with van der Waals surface area (Å²) >= 11 is 0. The van der Waals surface area contributed by atoms with E-state index < -0.39 is 5.60 Å². The molecule has 0 saturated carbocycles. The van der Waals surface area contributed by atoms with Gasteiger partial charge in [-0.3, -0.25) is 19.6 Å². The maximum atomic E-state index is 12.0. The van der Waals surface area contributed by atoms with E-state index in [9.17, 15) is 9.59 Å². The number of hydrogen-bond donors (Lipinski definition) is 2. The van der Waals surface area contributed by atoms with Crippen molar-refractivity contribution in [3.05, 3.63) is 59.7 Å². The molecular formula is C24H26N4O3. The number of aromatic amines is 1. The van der Waals surface area contributed by atoms with Crippen LogP contribution in [0.15, 0.2) is 42.7 Å². The third-order valence-corrected chi connectivity index (χ3v) is 5.00. The van der Waals surface area contributed by atoms with Gasteiger partial charge in [0.15, 0.2) is 0 Å². The fourth-order valence-electron chi connectivity index (χ4n) is 3.55.